The molecule has 1 saturated heterocycles. The molecule has 1 aliphatic heterocycles. The van der Waals surface area contributed by atoms with E-state index in [1.807, 2.05) is 0 Å². The van der Waals surface area contributed by atoms with Crippen molar-refractivity contribution >= 4 is 22.6 Å². The first-order valence-electron chi connectivity index (χ1n) is 6.55. The quantitative estimate of drug-likeness (QED) is 0.751. The molecule has 0 aliphatic carbocycles. The van der Waals surface area contributed by atoms with Crippen molar-refractivity contribution in [2.75, 3.05) is 26.3 Å². The summed E-state index contributed by atoms with van der Waals surface area (Å²) < 4.78 is 6.73. The van der Waals surface area contributed by atoms with Gasteiger partial charge < -0.3 is 4.74 Å². The summed E-state index contributed by atoms with van der Waals surface area (Å²) in [5.41, 5.74) is 3.08. The highest BCUT2D eigenvalue weighted by atomic mass is 127. The van der Waals surface area contributed by atoms with Crippen molar-refractivity contribution in [2.45, 2.75) is 32.7 Å². The smallest absolute Gasteiger partial charge is 0.0594 e. The average molecular weight is 359 g/mol. The molecule has 2 rings (SSSR count). The molecule has 18 heavy (non-hydrogen) atoms. The molecule has 0 N–H and O–H groups in total. The minimum Gasteiger partial charge on any atom is -0.379 e. The van der Waals surface area contributed by atoms with Crippen molar-refractivity contribution in [3.63, 3.8) is 0 Å². The first-order chi connectivity index (χ1) is 8.45. The van der Waals surface area contributed by atoms with Crippen LogP contribution in [-0.4, -0.2) is 31.2 Å². The number of halogens is 1. The largest absolute Gasteiger partial charge is 0.379 e. The highest BCUT2D eigenvalue weighted by Crippen LogP contribution is 2.26. The first kappa shape index (κ1) is 14.3. The van der Waals surface area contributed by atoms with E-state index in [9.17, 15) is 0 Å². The molecule has 0 atom stereocenters. The second kappa shape index (κ2) is 5.88. The van der Waals surface area contributed by atoms with Crippen molar-refractivity contribution in [2.24, 2.45) is 0 Å². The molecule has 0 spiro atoms. The summed E-state index contributed by atoms with van der Waals surface area (Å²) in [4.78, 5) is 2.47. The third kappa shape index (κ3) is 3.93. The van der Waals surface area contributed by atoms with Gasteiger partial charge in [0.2, 0.25) is 0 Å². The summed E-state index contributed by atoms with van der Waals surface area (Å²) >= 11 is 2.42. The summed E-state index contributed by atoms with van der Waals surface area (Å²) in [6.45, 7) is 11.7. The average Bonchev–Trinajstić information content (AvgIpc) is 2.28. The molecule has 100 valence electrons. The van der Waals surface area contributed by atoms with E-state index in [2.05, 4.69) is 66.5 Å². The van der Waals surface area contributed by atoms with E-state index < -0.39 is 0 Å². The molecule has 2 nitrogen and oxygen atoms in total. The van der Waals surface area contributed by atoms with Crippen LogP contribution in [0.25, 0.3) is 0 Å². The summed E-state index contributed by atoms with van der Waals surface area (Å²) in [6, 6.07) is 6.95. The SMILES string of the molecule is CC(C)(C)c1cc(I)cc(CN2CCOCC2)c1. The lowest BCUT2D eigenvalue weighted by Crippen LogP contribution is -2.35. The fourth-order valence-corrected chi connectivity index (χ4v) is 2.93. The van der Waals surface area contributed by atoms with E-state index in [1.165, 1.54) is 14.7 Å². The first-order valence-corrected chi connectivity index (χ1v) is 7.63. The van der Waals surface area contributed by atoms with E-state index in [-0.39, 0.29) is 5.41 Å². The van der Waals surface area contributed by atoms with E-state index in [4.69, 9.17) is 4.74 Å². The van der Waals surface area contributed by atoms with Crippen LogP contribution >= 0.6 is 22.6 Å². The molecule has 0 saturated carbocycles. The maximum atomic E-state index is 5.40. The molecule has 0 unspecified atom stereocenters. The Kier molecular flexibility index (Phi) is 4.67. The van der Waals surface area contributed by atoms with Crippen LogP contribution in [0.5, 0.6) is 0 Å². The minimum absolute atomic E-state index is 0.223. The Morgan fingerprint density at radius 1 is 1.17 bits per heavy atom. The second-order valence-corrected chi connectivity index (χ2v) is 7.23. The van der Waals surface area contributed by atoms with E-state index in [0.29, 0.717) is 0 Å². The standard InChI is InChI=1S/C15H22INO/c1-15(2,3)13-8-12(9-14(16)10-13)11-17-4-6-18-7-5-17/h8-10H,4-7,11H2,1-3H3. The molecule has 0 bridgehead atoms. The third-order valence-electron chi connectivity index (χ3n) is 3.33. The fourth-order valence-electron chi connectivity index (χ4n) is 2.19. The number of morpholine rings is 1. The van der Waals surface area contributed by atoms with E-state index >= 15 is 0 Å². The molecule has 3 heteroatoms. The Morgan fingerprint density at radius 2 is 1.83 bits per heavy atom. The second-order valence-electron chi connectivity index (χ2n) is 5.99. The van der Waals surface area contributed by atoms with Crippen LogP contribution in [0.1, 0.15) is 31.9 Å². The van der Waals surface area contributed by atoms with Crippen molar-refractivity contribution in [3.8, 4) is 0 Å². The van der Waals surface area contributed by atoms with Crippen molar-refractivity contribution in [1.82, 2.24) is 4.90 Å². The van der Waals surface area contributed by atoms with Gasteiger partial charge in [-0.1, -0.05) is 26.8 Å². The van der Waals surface area contributed by atoms with Crippen LogP contribution < -0.4 is 0 Å². The number of rotatable bonds is 2. The van der Waals surface area contributed by atoms with Crippen LogP contribution in [0.2, 0.25) is 0 Å². The Bertz CT molecular complexity index is 405. The molecule has 1 heterocycles. The van der Waals surface area contributed by atoms with Crippen LogP contribution in [0, 0.1) is 3.57 Å². The molecular formula is C15H22INO. The molecule has 1 aliphatic rings. The Labute approximate surface area is 124 Å². The van der Waals surface area contributed by atoms with Crippen LogP contribution in [-0.2, 0) is 16.7 Å². The highest BCUT2D eigenvalue weighted by molar-refractivity contribution is 14.1. The lowest BCUT2D eigenvalue weighted by atomic mass is 9.86. The zero-order valence-corrected chi connectivity index (χ0v) is 13.7. The maximum absolute atomic E-state index is 5.40. The molecule has 0 aromatic heterocycles. The van der Waals surface area contributed by atoms with Gasteiger partial charge in [-0.2, -0.15) is 0 Å². The Morgan fingerprint density at radius 3 is 2.44 bits per heavy atom. The summed E-state index contributed by atoms with van der Waals surface area (Å²) in [5.74, 6) is 0. The summed E-state index contributed by atoms with van der Waals surface area (Å²) in [7, 11) is 0. The fraction of sp³-hybridized carbons (Fsp3) is 0.600. The van der Waals surface area contributed by atoms with Crippen LogP contribution in [0.4, 0.5) is 0 Å². The van der Waals surface area contributed by atoms with Crippen molar-refractivity contribution in [1.29, 1.82) is 0 Å². The number of hydrogen-bond acceptors (Lipinski definition) is 2. The van der Waals surface area contributed by atoms with Crippen LogP contribution in [0.3, 0.4) is 0 Å². The van der Waals surface area contributed by atoms with Gasteiger partial charge >= 0.3 is 0 Å². The maximum Gasteiger partial charge on any atom is 0.0594 e. The molecule has 0 amide bonds. The summed E-state index contributed by atoms with van der Waals surface area (Å²) in [6.07, 6.45) is 0. The number of nitrogens with zero attached hydrogens (tertiary/aromatic N) is 1. The van der Waals surface area contributed by atoms with Gasteiger partial charge in [-0.05, 0) is 51.3 Å². The van der Waals surface area contributed by atoms with Gasteiger partial charge in [0.15, 0.2) is 0 Å². The molecular weight excluding hydrogens is 337 g/mol. The van der Waals surface area contributed by atoms with Gasteiger partial charge in [-0.3, -0.25) is 4.90 Å². The zero-order valence-electron chi connectivity index (χ0n) is 11.5. The number of hydrogen-bond donors (Lipinski definition) is 0. The molecule has 1 aromatic carbocycles. The van der Waals surface area contributed by atoms with Crippen molar-refractivity contribution < 1.29 is 4.74 Å². The summed E-state index contributed by atoms with van der Waals surface area (Å²) in [5, 5.41) is 0. The highest BCUT2D eigenvalue weighted by Gasteiger charge is 2.16. The number of ether oxygens (including phenoxy) is 1. The molecule has 1 fully saturated rings. The zero-order chi connectivity index (χ0) is 13.2. The van der Waals surface area contributed by atoms with Crippen LogP contribution in [0.15, 0.2) is 18.2 Å². The predicted molar refractivity (Wildman–Crippen MR) is 84.0 cm³/mol. The lowest BCUT2D eigenvalue weighted by molar-refractivity contribution is 0.0341. The topological polar surface area (TPSA) is 12.5 Å². The third-order valence-corrected chi connectivity index (χ3v) is 3.96. The predicted octanol–water partition coefficient (Wildman–Crippen LogP) is 3.42. The van der Waals surface area contributed by atoms with Gasteiger partial charge in [0, 0.05) is 23.2 Å². The molecule has 0 radical (unpaired) electrons. The van der Waals surface area contributed by atoms with Gasteiger partial charge in [0.25, 0.3) is 0 Å². The Hall–Kier alpha value is -0.130. The lowest BCUT2D eigenvalue weighted by Gasteiger charge is -2.27. The Balaban J connectivity index is 2.14. The van der Waals surface area contributed by atoms with E-state index in [1.54, 1.807) is 0 Å². The normalized spacial score (nSPS) is 18.0. The number of benzene rings is 1. The minimum atomic E-state index is 0.223. The van der Waals surface area contributed by atoms with Gasteiger partial charge in [-0.15, -0.1) is 0 Å². The van der Waals surface area contributed by atoms with Crippen molar-refractivity contribution in [3.05, 3.63) is 32.9 Å². The molecule has 1 aromatic rings. The van der Waals surface area contributed by atoms with Gasteiger partial charge in [0.05, 0.1) is 13.2 Å². The van der Waals surface area contributed by atoms with Gasteiger partial charge in [-0.25, -0.2) is 0 Å². The van der Waals surface area contributed by atoms with E-state index in [0.717, 1.165) is 32.8 Å². The monoisotopic (exact) mass is 359 g/mol. The van der Waals surface area contributed by atoms with Gasteiger partial charge in [0.1, 0.15) is 0 Å².